The first-order valence-corrected chi connectivity index (χ1v) is 10.3. The molecule has 0 aliphatic carbocycles. The molecule has 0 spiro atoms. The van der Waals surface area contributed by atoms with Crippen LogP contribution in [0.15, 0.2) is 30.3 Å². The SMILES string of the molecule is CCC1NC(N2CC3CN(C(=O)CCc4ccccc4)CC3C2)NC(=O)C1F. The maximum Gasteiger partial charge on any atom is 0.258 e. The van der Waals surface area contributed by atoms with Crippen molar-refractivity contribution in [2.24, 2.45) is 11.8 Å². The van der Waals surface area contributed by atoms with Crippen LogP contribution < -0.4 is 10.6 Å². The minimum Gasteiger partial charge on any atom is -0.342 e. The van der Waals surface area contributed by atoms with Crippen LogP contribution in [0.2, 0.25) is 0 Å². The smallest absolute Gasteiger partial charge is 0.258 e. The van der Waals surface area contributed by atoms with Gasteiger partial charge in [0.25, 0.3) is 5.91 Å². The molecule has 0 radical (unpaired) electrons. The Morgan fingerprint density at radius 3 is 2.46 bits per heavy atom. The molecule has 5 atom stereocenters. The van der Waals surface area contributed by atoms with Crippen LogP contribution in [0.1, 0.15) is 25.3 Å². The highest BCUT2D eigenvalue weighted by Crippen LogP contribution is 2.32. The third-order valence-corrected chi connectivity index (χ3v) is 6.40. The molecule has 1 aromatic carbocycles. The lowest BCUT2D eigenvalue weighted by Crippen LogP contribution is -2.67. The number of hydrogen-bond donors (Lipinski definition) is 2. The Balaban J connectivity index is 1.27. The molecule has 3 heterocycles. The van der Waals surface area contributed by atoms with E-state index in [0.717, 1.165) is 32.6 Å². The highest BCUT2D eigenvalue weighted by molar-refractivity contribution is 5.82. The Labute approximate surface area is 165 Å². The fourth-order valence-corrected chi connectivity index (χ4v) is 4.75. The van der Waals surface area contributed by atoms with E-state index in [4.69, 9.17) is 0 Å². The van der Waals surface area contributed by atoms with Gasteiger partial charge in [-0.15, -0.1) is 0 Å². The molecule has 3 aliphatic heterocycles. The largest absolute Gasteiger partial charge is 0.342 e. The van der Waals surface area contributed by atoms with E-state index in [1.165, 1.54) is 5.56 Å². The number of alkyl halides is 1. The van der Waals surface area contributed by atoms with E-state index in [9.17, 15) is 14.0 Å². The van der Waals surface area contributed by atoms with Crippen molar-refractivity contribution < 1.29 is 14.0 Å². The average molecular weight is 388 g/mol. The van der Waals surface area contributed by atoms with Gasteiger partial charge >= 0.3 is 0 Å². The van der Waals surface area contributed by atoms with Crippen molar-refractivity contribution in [2.75, 3.05) is 26.2 Å². The minimum atomic E-state index is -1.49. The van der Waals surface area contributed by atoms with Crippen molar-refractivity contribution in [2.45, 2.75) is 44.7 Å². The molecule has 4 rings (SSSR count). The monoisotopic (exact) mass is 388 g/mol. The number of benzene rings is 1. The first-order valence-electron chi connectivity index (χ1n) is 10.3. The summed E-state index contributed by atoms with van der Waals surface area (Å²) in [6, 6.07) is 9.66. The quantitative estimate of drug-likeness (QED) is 0.794. The van der Waals surface area contributed by atoms with E-state index in [2.05, 4.69) is 27.7 Å². The lowest BCUT2D eigenvalue weighted by Gasteiger charge is -2.38. The van der Waals surface area contributed by atoms with Crippen molar-refractivity contribution >= 4 is 11.8 Å². The van der Waals surface area contributed by atoms with Crippen molar-refractivity contribution in [3.8, 4) is 0 Å². The predicted molar refractivity (Wildman–Crippen MR) is 104 cm³/mol. The van der Waals surface area contributed by atoms with Gasteiger partial charge in [-0.2, -0.15) is 0 Å². The number of fused-ring (bicyclic) bond motifs is 1. The van der Waals surface area contributed by atoms with Gasteiger partial charge < -0.3 is 10.2 Å². The zero-order valence-corrected chi connectivity index (χ0v) is 16.3. The maximum absolute atomic E-state index is 13.9. The molecule has 7 heteroatoms. The van der Waals surface area contributed by atoms with Gasteiger partial charge in [-0.1, -0.05) is 37.3 Å². The summed E-state index contributed by atoms with van der Waals surface area (Å²) in [5, 5.41) is 5.98. The summed E-state index contributed by atoms with van der Waals surface area (Å²) in [6.07, 6.45) is 0.107. The van der Waals surface area contributed by atoms with Gasteiger partial charge in [-0.05, 0) is 30.2 Å². The van der Waals surface area contributed by atoms with Crippen LogP contribution >= 0.6 is 0 Å². The minimum absolute atomic E-state index is 0.222. The summed E-state index contributed by atoms with van der Waals surface area (Å²) in [5.41, 5.74) is 1.19. The van der Waals surface area contributed by atoms with Gasteiger partial charge in [0.1, 0.15) is 6.29 Å². The summed E-state index contributed by atoms with van der Waals surface area (Å²) in [7, 11) is 0. The zero-order valence-electron chi connectivity index (χ0n) is 16.3. The Bertz CT molecular complexity index is 702. The summed E-state index contributed by atoms with van der Waals surface area (Å²) in [5.74, 6) is 0.538. The maximum atomic E-state index is 13.9. The second-order valence-electron chi connectivity index (χ2n) is 8.25. The van der Waals surface area contributed by atoms with E-state index >= 15 is 0 Å². The van der Waals surface area contributed by atoms with E-state index < -0.39 is 18.1 Å². The second kappa shape index (κ2) is 8.17. The van der Waals surface area contributed by atoms with Crippen LogP contribution in [0.5, 0.6) is 0 Å². The number of nitrogens with zero attached hydrogens (tertiary/aromatic N) is 2. The standard InChI is InChI=1S/C21H29FN4O2/c1-2-17-19(22)20(28)24-21(23-17)26-12-15-10-25(11-16(15)13-26)18(27)9-8-14-6-4-3-5-7-14/h3-7,15-17,19,21,23H,2,8-13H2,1H3,(H,24,28). The van der Waals surface area contributed by atoms with E-state index in [1.807, 2.05) is 30.0 Å². The number of hydrogen-bond acceptors (Lipinski definition) is 4. The van der Waals surface area contributed by atoms with E-state index in [0.29, 0.717) is 24.7 Å². The van der Waals surface area contributed by atoms with Gasteiger partial charge in [0.05, 0.1) is 6.04 Å². The molecule has 3 aliphatic rings. The normalized spacial score (nSPS) is 33.0. The molecule has 28 heavy (non-hydrogen) atoms. The summed E-state index contributed by atoms with van der Waals surface area (Å²) < 4.78 is 13.9. The fourth-order valence-electron chi connectivity index (χ4n) is 4.75. The van der Waals surface area contributed by atoms with Gasteiger partial charge in [0.2, 0.25) is 5.91 Å². The molecule has 0 saturated carbocycles. The average Bonchev–Trinajstić information content (AvgIpc) is 3.28. The van der Waals surface area contributed by atoms with Crippen LogP contribution in [0.4, 0.5) is 4.39 Å². The van der Waals surface area contributed by atoms with Crippen LogP contribution in [0.25, 0.3) is 0 Å². The lowest BCUT2D eigenvalue weighted by atomic mass is 10.0. The fraction of sp³-hybridized carbons (Fsp3) is 0.619. The number of carbonyl (C=O) groups excluding carboxylic acids is 2. The Morgan fingerprint density at radius 1 is 1.14 bits per heavy atom. The van der Waals surface area contributed by atoms with Crippen LogP contribution in [-0.2, 0) is 16.0 Å². The number of carbonyl (C=O) groups is 2. The summed E-state index contributed by atoms with van der Waals surface area (Å²) in [4.78, 5) is 28.7. The van der Waals surface area contributed by atoms with Gasteiger partial charge in [0, 0.05) is 32.6 Å². The van der Waals surface area contributed by atoms with Gasteiger partial charge in [0.15, 0.2) is 6.17 Å². The molecule has 2 N–H and O–H groups in total. The van der Waals surface area contributed by atoms with Crippen LogP contribution in [0.3, 0.4) is 0 Å². The predicted octanol–water partition coefficient (Wildman–Crippen LogP) is 1.13. The van der Waals surface area contributed by atoms with Crippen molar-refractivity contribution in [3.63, 3.8) is 0 Å². The zero-order chi connectivity index (χ0) is 19.7. The molecule has 5 unspecified atom stereocenters. The number of likely N-dealkylation sites (tertiary alicyclic amines) is 2. The van der Waals surface area contributed by atoms with E-state index in [1.54, 1.807) is 0 Å². The van der Waals surface area contributed by atoms with Crippen molar-refractivity contribution in [1.82, 2.24) is 20.4 Å². The van der Waals surface area contributed by atoms with Crippen LogP contribution in [0, 0.1) is 11.8 Å². The van der Waals surface area contributed by atoms with Gasteiger partial charge in [-0.25, -0.2) is 4.39 Å². The number of amides is 2. The molecule has 0 bridgehead atoms. The van der Waals surface area contributed by atoms with Crippen LogP contribution in [-0.4, -0.2) is 66.3 Å². The summed E-state index contributed by atoms with van der Waals surface area (Å²) >= 11 is 0. The first kappa shape index (κ1) is 19.3. The molecular weight excluding hydrogens is 359 g/mol. The number of rotatable bonds is 5. The molecule has 0 aromatic heterocycles. The molecule has 3 fully saturated rings. The first-order chi connectivity index (χ1) is 13.5. The van der Waals surface area contributed by atoms with Crippen molar-refractivity contribution in [1.29, 1.82) is 0 Å². The Morgan fingerprint density at radius 2 is 1.82 bits per heavy atom. The molecule has 6 nitrogen and oxygen atoms in total. The molecule has 2 amide bonds. The van der Waals surface area contributed by atoms with E-state index in [-0.39, 0.29) is 12.2 Å². The number of aryl methyl sites for hydroxylation is 1. The van der Waals surface area contributed by atoms with Crippen molar-refractivity contribution in [3.05, 3.63) is 35.9 Å². The Kier molecular flexibility index (Phi) is 5.64. The number of halogens is 1. The highest BCUT2D eigenvalue weighted by atomic mass is 19.1. The molecule has 3 saturated heterocycles. The Hall–Kier alpha value is -1.99. The van der Waals surface area contributed by atoms with Gasteiger partial charge in [-0.3, -0.25) is 19.8 Å². The molecular formula is C21H29FN4O2. The molecule has 1 aromatic rings. The molecule has 152 valence electrons. The topological polar surface area (TPSA) is 64.7 Å². The lowest BCUT2D eigenvalue weighted by molar-refractivity contribution is -0.133. The number of nitrogens with one attached hydrogen (secondary N) is 2. The second-order valence-corrected chi connectivity index (χ2v) is 8.25. The third-order valence-electron chi connectivity index (χ3n) is 6.40. The summed E-state index contributed by atoms with van der Waals surface area (Å²) in [6.45, 7) is 5.07. The highest BCUT2D eigenvalue weighted by Gasteiger charge is 2.46. The third kappa shape index (κ3) is 3.91.